The molecule has 1 heterocycles. The lowest BCUT2D eigenvalue weighted by Crippen LogP contribution is -2.22. The second-order valence-corrected chi connectivity index (χ2v) is 3.39. The van der Waals surface area contributed by atoms with Gasteiger partial charge in [0.05, 0.1) is 6.42 Å². The van der Waals surface area contributed by atoms with Gasteiger partial charge in [-0.15, -0.1) is 13.2 Å². The second-order valence-electron chi connectivity index (χ2n) is 3.39. The van der Waals surface area contributed by atoms with Crippen molar-refractivity contribution in [3.63, 3.8) is 0 Å². The van der Waals surface area contributed by atoms with E-state index < -0.39 is 47.8 Å². The quantitative estimate of drug-likeness (QED) is 0.872. The molecule has 11 heteroatoms. The van der Waals surface area contributed by atoms with Crippen LogP contribution in [-0.4, -0.2) is 22.4 Å². The number of carbonyl (C=O) groups is 1. The molecular formula is C9H4F7NO3. The Morgan fingerprint density at radius 2 is 1.80 bits per heavy atom. The lowest BCUT2D eigenvalue weighted by Gasteiger charge is -2.15. The third-order valence-corrected chi connectivity index (χ3v) is 1.90. The van der Waals surface area contributed by atoms with Crippen molar-refractivity contribution in [1.82, 2.24) is 4.98 Å². The molecule has 1 aromatic rings. The molecule has 0 aliphatic rings. The van der Waals surface area contributed by atoms with Crippen LogP contribution < -0.4 is 4.74 Å². The van der Waals surface area contributed by atoms with E-state index in [1.54, 1.807) is 0 Å². The molecule has 0 fully saturated rings. The monoisotopic (exact) mass is 307 g/mol. The van der Waals surface area contributed by atoms with Crippen LogP contribution in [0.1, 0.15) is 11.1 Å². The highest BCUT2D eigenvalue weighted by Crippen LogP contribution is 2.37. The molecule has 0 aromatic carbocycles. The van der Waals surface area contributed by atoms with E-state index in [-0.39, 0.29) is 6.20 Å². The number of hydrogen-bond donors (Lipinski definition) is 1. The van der Waals surface area contributed by atoms with Crippen molar-refractivity contribution in [2.75, 3.05) is 0 Å². The molecule has 1 rings (SSSR count). The van der Waals surface area contributed by atoms with Gasteiger partial charge >= 0.3 is 18.5 Å². The second kappa shape index (κ2) is 5.13. The fraction of sp³-hybridized carbons (Fsp3) is 0.333. The molecule has 0 unspecified atom stereocenters. The highest BCUT2D eigenvalue weighted by molar-refractivity contribution is 5.70. The van der Waals surface area contributed by atoms with E-state index in [1.807, 2.05) is 0 Å². The van der Waals surface area contributed by atoms with Crippen LogP contribution in [0, 0.1) is 5.82 Å². The normalized spacial score (nSPS) is 12.3. The molecule has 0 radical (unpaired) electrons. The van der Waals surface area contributed by atoms with Crippen LogP contribution in [0.15, 0.2) is 6.20 Å². The Kier molecular flexibility index (Phi) is 4.10. The van der Waals surface area contributed by atoms with Crippen LogP contribution in [0.3, 0.4) is 0 Å². The fourth-order valence-corrected chi connectivity index (χ4v) is 1.29. The number of pyridine rings is 1. The number of alkyl halides is 6. The Morgan fingerprint density at radius 3 is 2.20 bits per heavy atom. The number of aromatic nitrogens is 1. The third-order valence-electron chi connectivity index (χ3n) is 1.90. The van der Waals surface area contributed by atoms with Gasteiger partial charge in [-0.1, -0.05) is 0 Å². The summed E-state index contributed by atoms with van der Waals surface area (Å²) in [6.07, 6.45) is -11.9. The number of carboxylic acid groups (broad SMARTS) is 1. The van der Waals surface area contributed by atoms with Gasteiger partial charge in [0.15, 0.2) is 5.82 Å². The molecule has 0 aliphatic heterocycles. The first-order valence-electron chi connectivity index (χ1n) is 4.64. The minimum atomic E-state index is -5.44. The molecule has 4 nitrogen and oxygen atoms in total. The molecule has 0 saturated heterocycles. The molecule has 0 atom stereocenters. The maximum absolute atomic E-state index is 13.4. The Hall–Kier alpha value is -2.07. The van der Waals surface area contributed by atoms with Gasteiger partial charge in [-0.3, -0.25) is 4.79 Å². The van der Waals surface area contributed by atoms with Crippen molar-refractivity contribution in [2.45, 2.75) is 19.0 Å². The van der Waals surface area contributed by atoms with E-state index in [2.05, 4.69) is 9.72 Å². The maximum Gasteiger partial charge on any atom is 0.574 e. The van der Waals surface area contributed by atoms with Gasteiger partial charge in [0.25, 0.3) is 5.88 Å². The van der Waals surface area contributed by atoms with E-state index >= 15 is 0 Å². The minimum absolute atomic E-state index is 0.168. The van der Waals surface area contributed by atoms with Crippen molar-refractivity contribution in [1.29, 1.82) is 0 Å². The molecule has 0 amide bonds. The predicted molar refractivity (Wildman–Crippen MR) is 47.2 cm³/mol. The van der Waals surface area contributed by atoms with Crippen molar-refractivity contribution in [2.24, 2.45) is 0 Å². The predicted octanol–water partition coefficient (Wildman–Crippen LogP) is 2.77. The summed E-state index contributed by atoms with van der Waals surface area (Å²) in [6.45, 7) is 0. The molecule has 0 saturated carbocycles. The molecule has 0 aliphatic carbocycles. The van der Waals surface area contributed by atoms with Gasteiger partial charge in [0.1, 0.15) is 5.56 Å². The van der Waals surface area contributed by atoms with Crippen LogP contribution in [0.4, 0.5) is 30.7 Å². The highest BCUT2D eigenvalue weighted by Gasteiger charge is 2.41. The molecule has 0 spiro atoms. The number of halogens is 7. The molecule has 20 heavy (non-hydrogen) atoms. The molecular weight excluding hydrogens is 303 g/mol. The zero-order chi connectivity index (χ0) is 15.7. The summed E-state index contributed by atoms with van der Waals surface area (Å²) in [7, 11) is 0. The standard InChI is InChI=1S/C9H4F7NO3/c10-6-5(8(11,12)13)3(1-4(18)19)2-17-7(6)20-9(14,15)16/h2H,1H2,(H,18,19). The van der Waals surface area contributed by atoms with Crippen LogP contribution in [0.5, 0.6) is 5.88 Å². The van der Waals surface area contributed by atoms with E-state index in [0.717, 1.165) is 0 Å². The van der Waals surface area contributed by atoms with E-state index in [0.29, 0.717) is 0 Å². The number of hydrogen-bond acceptors (Lipinski definition) is 3. The number of aliphatic carboxylic acids is 1. The number of rotatable bonds is 3. The van der Waals surface area contributed by atoms with Crippen molar-refractivity contribution < 1.29 is 45.4 Å². The van der Waals surface area contributed by atoms with Crippen LogP contribution in [0.2, 0.25) is 0 Å². The van der Waals surface area contributed by atoms with Crippen molar-refractivity contribution in [3.05, 3.63) is 23.1 Å². The zero-order valence-electron chi connectivity index (χ0n) is 9.14. The summed E-state index contributed by atoms with van der Waals surface area (Å²) in [5.74, 6) is -6.09. The average molecular weight is 307 g/mol. The van der Waals surface area contributed by atoms with Crippen LogP contribution in [-0.2, 0) is 17.4 Å². The Balaban J connectivity index is 3.39. The average Bonchev–Trinajstić information content (AvgIpc) is 2.17. The summed E-state index contributed by atoms with van der Waals surface area (Å²) in [6, 6.07) is 0. The maximum atomic E-state index is 13.4. The SMILES string of the molecule is O=C(O)Cc1cnc(OC(F)(F)F)c(F)c1C(F)(F)F. The minimum Gasteiger partial charge on any atom is -0.481 e. The zero-order valence-corrected chi connectivity index (χ0v) is 9.14. The summed E-state index contributed by atoms with van der Waals surface area (Å²) in [4.78, 5) is 13.1. The number of ether oxygens (including phenoxy) is 1. The van der Waals surface area contributed by atoms with Gasteiger partial charge in [-0.2, -0.15) is 13.2 Å². The Morgan fingerprint density at radius 1 is 1.25 bits per heavy atom. The first kappa shape index (κ1) is 16.0. The Bertz CT molecular complexity index is 523. The summed E-state index contributed by atoms with van der Waals surface area (Å²) < 4.78 is 89.7. The van der Waals surface area contributed by atoms with E-state index in [4.69, 9.17) is 5.11 Å². The lowest BCUT2D eigenvalue weighted by atomic mass is 10.1. The summed E-state index contributed by atoms with van der Waals surface area (Å²) in [5, 5.41) is 8.37. The molecule has 0 bridgehead atoms. The number of nitrogens with zero attached hydrogens (tertiary/aromatic N) is 1. The number of carboxylic acids is 1. The van der Waals surface area contributed by atoms with E-state index in [1.165, 1.54) is 0 Å². The van der Waals surface area contributed by atoms with Crippen molar-refractivity contribution >= 4 is 5.97 Å². The first-order valence-corrected chi connectivity index (χ1v) is 4.64. The first-order chi connectivity index (χ1) is 8.92. The van der Waals surface area contributed by atoms with Gasteiger partial charge in [-0.05, 0) is 5.56 Å². The topological polar surface area (TPSA) is 59.4 Å². The largest absolute Gasteiger partial charge is 0.574 e. The van der Waals surface area contributed by atoms with E-state index in [9.17, 15) is 35.5 Å². The van der Waals surface area contributed by atoms with Crippen LogP contribution in [0.25, 0.3) is 0 Å². The van der Waals surface area contributed by atoms with Gasteiger partial charge < -0.3 is 9.84 Å². The fourth-order valence-electron chi connectivity index (χ4n) is 1.29. The van der Waals surface area contributed by atoms with Gasteiger partial charge in [0.2, 0.25) is 0 Å². The van der Waals surface area contributed by atoms with Crippen LogP contribution >= 0.6 is 0 Å². The summed E-state index contributed by atoms with van der Waals surface area (Å²) >= 11 is 0. The van der Waals surface area contributed by atoms with Gasteiger partial charge in [-0.25, -0.2) is 9.37 Å². The smallest absolute Gasteiger partial charge is 0.481 e. The molecule has 1 aromatic heterocycles. The Labute approximate surface area is 105 Å². The highest BCUT2D eigenvalue weighted by atomic mass is 19.4. The van der Waals surface area contributed by atoms with Crippen molar-refractivity contribution in [3.8, 4) is 5.88 Å². The molecule has 1 N–H and O–H groups in total. The lowest BCUT2D eigenvalue weighted by molar-refractivity contribution is -0.277. The third kappa shape index (κ3) is 3.96. The molecule has 112 valence electrons. The summed E-state index contributed by atoms with van der Waals surface area (Å²) in [5.41, 5.74) is -3.27. The van der Waals surface area contributed by atoms with Gasteiger partial charge in [0, 0.05) is 6.20 Å².